The molecule has 0 fully saturated rings. The van der Waals surface area contributed by atoms with E-state index in [1.807, 2.05) is 30.3 Å². The molecular formula is C21H18N2O6. The van der Waals surface area contributed by atoms with Crippen molar-refractivity contribution >= 4 is 17.6 Å². The van der Waals surface area contributed by atoms with Gasteiger partial charge in [-0.05, 0) is 35.4 Å². The van der Waals surface area contributed by atoms with E-state index in [2.05, 4.69) is 5.32 Å². The van der Waals surface area contributed by atoms with E-state index in [4.69, 9.17) is 9.15 Å². The van der Waals surface area contributed by atoms with Gasteiger partial charge in [-0.15, -0.1) is 0 Å². The monoisotopic (exact) mass is 394 g/mol. The molecule has 1 N–H and O–H groups in total. The third kappa shape index (κ3) is 5.52. The Balaban J connectivity index is 1.67. The van der Waals surface area contributed by atoms with Crippen molar-refractivity contribution in [1.29, 1.82) is 0 Å². The molecule has 0 radical (unpaired) electrons. The lowest BCUT2D eigenvalue weighted by Gasteiger charge is -2.17. The average molecular weight is 394 g/mol. The molecule has 3 rings (SSSR count). The zero-order valence-electron chi connectivity index (χ0n) is 15.3. The molecule has 8 heteroatoms. The van der Waals surface area contributed by atoms with Gasteiger partial charge in [-0.25, -0.2) is 4.79 Å². The average Bonchev–Trinajstić information content (AvgIpc) is 3.27. The number of non-ortho nitro benzene ring substituents is 1. The SMILES string of the molecule is O=C(NC(Cc1ccccc1)C(=O)OCc1ccc([N+](=O)[O-])cc1)c1ccco1. The molecule has 1 aromatic heterocycles. The van der Waals surface area contributed by atoms with E-state index in [1.165, 1.54) is 36.6 Å². The van der Waals surface area contributed by atoms with Crippen molar-refractivity contribution in [3.05, 3.63) is 100.0 Å². The maximum atomic E-state index is 12.6. The van der Waals surface area contributed by atoms with E-state index in [0.717, 1.165) is 5.56 Å². The molecular weight excluding hydrogens is 376 g/mol. The first-order valence-electron chi connectivity index (χ1n) is 8.81. The Bertz CT molecular complexity index is 968. The summed E-state index contributed by atoms with van der Waals surface area (Å²) in [4.78, 5) is 35.1. The molecule has 3 aromatic rings. The van der Waals surface area contributed by atoms with E-state index < -0.39 is 22.8 Å². The first-order valence-corrected chi connectivity index (χ1v) is 8.81. The van der Waals surface area contributed by atoms with Gasteiger partial charge in [0.15, 0.2) is 5.76 Å². The van der Waals surface area contributed by atoms with Crippen LogP contribution >= 0.6 is 0 Å². The molecule has 0 aliphatic carbocycles. The van der Waals surface area contributed by atoms with Crippen molar-refractivity contribution in [1.82, 2.24) is 5.32 Å². The Kier molecular flexibility index (Phi) is 6.36. The van der Waals surface area contributed by atoms with Crippen LogP contribution in [0.4, 0.5) is 5.69 Å². The number of carbonyl (C=O) groups is 2. The van der Waals surface area contributed by atoms with Gasteiger partial charge in [-0.3, -0.25) is 14.9 Å². The van der Waals surface area contributed by atoms with Crippen molar-refractivity contribution in [2.75, 3.05) is 0 Å². The van der Waals surface area contributed by atoms with E-state index in [0.29, 0.717) is 5.56 Å². The second kappa shape index (κ2) is 9.32. The van der Waals surface area contributed by atoms with Gasteiger partial charge in [0.1, 0.15) is 12.6 Å². The number of furan rings is 1. The quantitative estimate of drug-likeness (QED) is 0.356. The predicted molar refractivity (Wildman–Crippen MR) is 103 cm³/mol. The minimum atomic E-state index is -0.923. The molecule has 1 atom stereocenters. The minimum Gasteiger partial charge on any atom is -0.459 e. The number of amides is 1. The summed E-state index contributed by atoms with van der Waals surface area (Å²) in [5.74, 6) is -1.05. The molecule has 1 heterocycles. The molecule has 8 nitrogen and oxygen atoms in total. The zero-order valence-corrected chi connectivity index (χ0v) is 15.3. The van der Waals surface area contributed by atoms with Crippen LogP contribution in [0.2, 0.25) is 0 Å². The summed E-state index contributed by atoms with van der Waals surface area (Å²) >= 11 is 0. The van der Waals surface area contributed by atoms with Crippen molar-refractivity contribution < 1.29 is 23.7 Å². The van der Waals surface area contributed by atoms with Crippen LogP contribution in [0.15, 0.2) is 77.4 Å². The molecule has 0 spiro atoms. The molecule has 148 valence electrons. The molecule has 0 aliphatic heterocycles. The lowest BCUT2D eigenvalue weighted by atomic mass is 10.1. The summed E-state index contributed by atoms with van der Waals surface area (Å²) < 4.78 is 10.4. The summed E-state index contributed by atoms with van der Waals surface area (Å²) in [6, 6.07) is 17.1. The second-order valence-electron chi connectivity index (χ2n) is 6.22. The molecule has 29 heavy (non-hydrogen) atoms. The van der Waals surface area contributed by atoms with Crippen LogP contribution < -0.4 is 5.32 Å². The number of nitrogens with one attached hydrogen (secondary N) is 1. The molecule has 0 saturated heterocycles. The number of hydrogen-bond donors (Lipinski definition) is 1. The Morgan fingerprint density at radius 1 is 1.00 bits per heavy atom. The number of carbonyl (C=O) groups excluding carboxylic acids is 2. The molecule has 2 aromatic carbocycles. The van der Waals surface area contributed by atoms with Crippen molar-refractivity contribution in [3.63, 3.8) is 0 Å². The largest absolute Gasteiger partial charge is 0.459 e. The lowest BCUT2D eigenvalue weighted by molar-refractivity contribution is -0.384. The van der Waals surface area contributed by atoms with E-state index in [-0.39, 0.29) is 24.5 Å². The first kappa shape index (κ1) is 19.8. The summed E-state index contributed by atoms with van der Waals surface area (Å²) in [5, 5.41) is 13.3. The minimum absolute atomic E-state index is 0.0484. The van der Waals surface area contributed by atoms with Crippen LogP contribution in [0.3, 0.4) is 0 Å². The van der Waals surface area contributed by atoms with E-state index >= 15 is 0 Å². The van der Waals surface area contributed by atoms with E-state index in [1.54, 1.807) is 6.07 Å². The van der Waals surface area contributed by atoms with Crippen LogP contribution in [0.5, 0.6) is 0 Å². The highest BCUT2D eigenvalue weighted by molar-refractivity contribution is 5.94. The maximum Gasteiger partial charge on any atom is 0.329 e. The third-order valence-electron chi connectivity index (χ3n) is 4.15. The van der Waals surface area contributed by atoms with E-state index in [9.17, 15) is 19.7 Å². The molecule has 0 aliphatic rings. The fraction of sp³-hybridized carbons (Fsp3) is 0.143. The summed E-state index contributed by atoms with van der Waals surface area (Å²) in [7, 11) is 0. The highest BCUT2D eigenvalue weighted by atomic mass is 16.6. The van der Waals surface area contributed by atoms with Gasteiger partial charge >= 0.3 is 5.97 Å². The predicted octanol–water partition coefficient (Wildman–Crippen LogP) is 3.27. The number of esters is 1. The zero-order chi connectivity index (χ0) is 20.6. The smallest absolute Gasteiger partial charge is 0.329 e. The van der Waals surface area contributed by atoms with Crippen LogP contribution in [-0.2, 0) is 22.6 Å². The Hall–Kier alpha value is -3.94. The van der Waals surface area contributed by atoms with Gasteiger partial charge < -0.3 is 14.5 Å². The van der Waals surface area contributed by atoms with Gasteiger partial charge in [0.05, 0.1) is 11.2 Å². The first-order chi connectivity index (χ1) is 14.0. The molecule has 0 saturated carbocycles. The lowest BCUT2D eigenvalue weighted by Crippen LogP contribution is -2.43. The van der Waals surface area contributed by atoms with Crippen molar-refractivity contribution in [2.45, 2.75) is 19.1 Å². The summed E-state index contributed by atoms with van der Waals surface area (Å²) in [6.07, 6.45) is 1.61. The van der Waals surface area contributed by atoms with Gasteiger partial charge in [-0.1, -0.05) is 30.3 Å². The van der Waals surface area contributed by atoms with Gasteiger partial charge in [-0.2, -0.15) is 0 Å². The standard InChI is InChI=1S/C21H18N2O6/c24-20(19-7-4-12-28-19)22-18(13-15-5-2-1-3-6-15)21(25)29-14-16-8-10-17(11-9-16)23(26)27/h1-12,18H,13-14H2,(H,22,24). The number of rotatable bonds is 8. The van der Waals surface area contributed by atoms with Crippen LogP contribution in [0.25, 0.3) is 0 Å². The summed E-state index contributed by atoms with van der Waals surface area (Å²) in [6.45, 7) is -0.0707. The number of ether oxygens (including phenoxy) is 1. The fourth-order valence-electron chi connectivity index (χ4n) is 2.65. The van der Waals surface area contributed by atoms with Crippen LogP contribution in [-0.4, -0.2) is 22.8 Å². The van der Waals surface area contributed by atoms with Crippen molar-refractivity contribution in [2.24, 2.45) is 0 Å². The number of benzene rings is 2. The Labute approximate surface area is 166 Å². The number of hydrogen-bond acceptors (Lipinski definition) is 6. The highest BCUT2D eigenvalue weighted by Crippen LogP contribution is 2.13. The Morgan fingerprint density at radius 3 is 2.34 bits per heavy atom. The molecule has 1 amide bonds. The fourth-order valence-corrected chi connectivity index (χ4v) is 2.65. The van der Waals surface area contributed by atoms with Gasteiger partial charge in [0, 0.05) is 18.6 Å². The topological polar surface area (TPSA) is 112 Å². The summed E-state index contributed by atoms with van der Waals surface area (Å²) in [5.41, 5.74) is 1.40. The second-order valence-corrected chi connectivity index (χ2v) is 6.22. The Morgan fingerprint density at radius 2 is 1.72 bits per heavy atom. The van der Waals surface area contributed by atoms with Gasteiger partial charge in [0.2, 0.25) is 0 Å². The number of nitrogens with zero attached hydrogens (tertiary/aromatic N) is 1. The number of nitro groups is 1. The highest BCUT2D eigenvalue weighted by Gasteiger charge is 2.24. The van der Waals surface area contributed by atoms with Gasteiger partial charge in [0.25, 0.3) is 11.6 Å². The van der Waals surface area contributed by atoms with Crippen LogP contribution in [0, 0.1) is 10.1 Å². The van der Waals surface area contributed by atoms with Crippen molar-refractivity contribution in [3.8, 4) is 0 Å². The van der Waals surface area contributed by atoms with Crippen LogP contribution in [0.1, 0.15) is 21.7 Å². The normalized spacial score (nSPS) is 11.4. The molecule has 0 bridgehead atoms. The molecule has 1 unspecified atom stereocenters. The maximum absolute atomic E-state index is 12.6. The third-order valence-corrected chi connectivity index (χ3v) is 4.15. The number of nitro benzene ring substituents is 1.